The van der Waals surface area contributed by atoms with Crippen molar-refractivity contribution in [2.75, 3.05) is 11.7 Å². The summed E-state index contributed by atoms with van der Waals surface area (Å²) in [7, 11) is 1.78. The molecule has 69 valence electrons. The summed E-state index contributed by atoms with van der Waals surface area (Å²) in [4.78, 5) is 16.4. The van der Waals surface area contributed by atoms with Gasteiger partial charge in [0.1, 0.15) is 0 Å². The van der Waals surface area contributed by atoms with E-state index in [1.165, 1.54) is 11.5 Å². The summed E-state index contributed by atoms with van der Waals surface area (Å²) in [5, 5.41) is 5.37. The zero-order valence-corrected chi connectivity index (χ0v) is 7.52. The maximum Gasteiger partial charge on any atom is 0.258 e. The van der Waals surface area contributed by atoms with Gasteiger partial charge in [0.2, 0.25) is 0 Å². The van der Waals surface area contributed by atoms with Crippen molar-refractivity contribution in [2.45, 2.75) is 6.92 Å². The molecule has 0 atom stereocenters. The maximum atomic E-state index is 11.2. The van der Waals surface area contributed by atoms with Crippen LogP contribution in [0.15, 0.2) is 6.07 Å². The predicted molar refractivity (Wildman–Crippen MR) is 45.7 cm³/mol. The summed E-state index contributed by atoms with van der Waals surface area (Å²) in [5.74, 6) is 0.527. The summed E-state index contributed by atoms with van der Waals surface area (Å²) >= 11 is 0. The van der Waals surface area contributed by atoms with Crippen LogP contribution in [0.2, 0.25) is 0 Å². The van der Waals surface area contributed by atoms with E-state index in [0.29, 0.717) is 12.4 Å². The van der Waals surface area contributed by atoms with Crippen LogP contribution in [0, 0.1) is 13.3 Å². The summed E-state index contributed by atoms with van der Waals surface area (Å²) in [6.07, 6.45) is 1.49. The second-order valence-electron chi connectivity index (χ2n) is 2.90. The van der Waals surface area contributed by atoms with Crippen LogP contribution in [-0.4, -0.2) is 22.3 Å². The van der Waals surface area contributed by atoms with E-state index in [2.05, 4.69) is 5.10 Å². The topological polar surface area (TPSA) is 47.4 Å². The summed E-state index contributed by atoms with van der Waals surface area (Å²) in [6, 6.07) is 1.80. The molecule has 2 rings (SSSR count). The van der Waals surface area contributed by atoms with Gasteiger partial charge in [-0.2, -0.15) is 10.2 Å². The number of carbonyl (C=O) groups is 1. The molecule has 0 bridgehead atoms. The van der Waals surface area contributed by atoms with Crippen molar-refractivity contribution in [3.05, 3.63) is 18.2 Å². The standard InChI is InChI=1S/C8H10N3O2/c1-6-5-7(10(2)9-6)11-8(12)3-4-13-11/h3,5H,4H2,1-2H3. The molecular weight excluding hydrogens is 170 g/mol. The minimum absolute atomic E-state index is 0.136. The van der Waals surface area contributed by atoms with Crippen LogP contribution >= 0.6 is 0 Å². The molecule has 13 heavy (non-hydrogen) atoms. The molecule has 0 spiro atoms. The highest BCUT2D eigenvalue weighted by Crippen LogP contribution is 2.19. The van der Waals surface area contributed by atoms with Crippen LogP contribution in [-0.2, 0) is 16.7 Å². The van der Waals surface area contributed by atoms with E-state index in [9.17, 15) is 4.79 Å². The fraction of sp³-hybridized carbons (Fsp3) is 0.375. The predicted octanol–water partition coefficient (Wildman–Crippen LogP) is 0.211. The number of carbonyl (C=O) groups excluding carboxylic acids is 1. The number of amides is 1. The second-order valence-corrected chi connectivity index (χ2v) is 2.90. The van der Waals surface area contributed by atoms with E-state index in [0.717, 1.165) is 5.69 Å². The Morgan fingerprint density at radius 2 is 2.38 bits per heavy atom. The van der Waals surface area contributed by atoms with Gasteiger partial charge in [0, 0.05) is 13.1 Å². The molecule has 0 aromatic carbocycles. The summed E-state index contributed by atoms with van der Waals surface area (Å²) < 4.78 is 1.62. The van der Waals surface area contributed by atoms with Crippen LogP contribution in [0.1, 0.15) is 5.69 Å². The van der Waals surface area contributed by atoms with E-state index in [-0.39, 0.29) is 5.91 Å². The third-order valence-corrected chi connectivity index (χ3v) is 1.85. The molecule has 2 heterocycles. The van der Waals surface area contributed by atoms with Gasteiger partial charge in [-0.15, -0.1) is 0 Å². The Labute approximate surface area is 75.8 Å². The molecule has 1 amide bonds. The van der Waals surface area contributed by atoms with Crippen LogP contribution in [0.3, 0.4) is 0 Å². The van der Waals surface area contributed by atoms with Gasteiger partial charge in [-0.3, -0.25) is 14.3 Å². The Bertz CT molecular complexity index is 345. The third kappa shape index (κ3) is 1.31. The van der Waals surface area contributed by atoms with Crippen molar-refractivity contribution in [1.29, 1.82) is 0 Å². The molecule has 5 nitrogen and oxygen atoms in total. The Balaban J connectivity index is 2.34. The minimum atomic E-state index is -0.136. The second kappa shape index (κ2) is 2.85. The molecule has 1 aromatic rings. The molecule has 0 N–H and O–H groups in total. The van der Waals surface area contributed by atoms with Gasteiger partial charge in [-0.1, -0.05) is 0 Å². The molecule has 0 saturated carbocycles. The Morgan fingerprint density at radius 1 is 1.62 bits per heavy atom. The highest BCUT2D eigenvalue weighted by Gasteiger charge is 2.26. The highest BCUT2D eigenvalue weighted by molar-refractivity contribution is 5.98. The third-order valence-electron chi connectivity index (χ3n) is 1.85. The monoisotopic (exact) mass is 180 g/mol. The van der Waals surface area contributed by atoms with Crippen LogP contribution < -0.4 is 5.06 Å². The first kappa shape index (κ1) is 8.25. The Morgan fingerprint density at radius 3 is 2.85 bits per heavy atom. The SMILES string of the molecule is Cc1cc(N2OC[CH]C2=O)n(C)n1. The minimum Gasteiger partial charge on any atom is -0.272 e. The van der Waals surface area contributed by atoms with Crippen LogP contribution in [0.25, 0.3) is 0 Å². The largest absolute Gasteiger partial charge is 0.272 e. The molecule has 1 saturated heterocycles. The van der Waals surface area contributed by atoms with Crippen molar-refractivity contribution in [1.82, 2.24) is 9.78 Å². The van der Waals surface area contributed by atoms with E-state index in [1.54, 1.807) is 17.8 Å². The molecule has 0 aliphatic carbocycles. The lowest BCUT2D eigenvalue weighted by atomic mass is 10.4. The van der Waals surface area contributed by atoms with E-state index < -0.39 is 0 Å². The van der Waals surface area contributed by atoms with Crippen molar-refractivity contribution in [2.24, 2.45) is 7.05 Å². The van der Waals surface area contributed by atoms with Gasteiger partial charge in [-0.05, 0) is 6.92 Å². The number of anilines is 1. The molecule has 1 fully saturated rings. The molecular formula is C8H10N3O2. The lowest BCUT2D eigenvalue weighted by Gasteiger charge is -2.12. The van der Waals surface area contributed by atoms with Crippen LogP contribution in [0.4, 0.5) is 5.82 Å². The lowest BCUT2D eigenvalue weighted by Crippen LogP contribution is -2.24. The van der Waals surface area contributed by atoms with Gasteiger partial charge in [0.25, 0.3) is 5.91 Å². The number of aryl methyl sites for hydroxylation is 2. The van der Waals surface area contributed by atoms with Crippen molar-refractivity contribution >= 4 is 11.7 Å². The number of hydroxylamine groups is 1. The normalized spacial score (nSPS) is 17.1. The van der Waals surface area contributed by atoms with Gasteiger partial charge in [-0.25, -0.2) is 0 Å². The Kier molecular flexibility index (Phi) is 1.81. The average Bonchev–Trinajstić information content (AvgIpc) is 2.58. The van der Waals surface area contributed by atoms with E-state index >= 15 is 0 Å². The van der Waals surface area contributed by atoms with Crippen molar-refractivity contribution < 1.29 is 9.63 Å². The Hall–Kier alpha value is -1.36. The number of aromatic nitrogens is 2. The average molecular weight is 180 g/mol. The van der Waals surface area contributed by atoms with Crippen LogP contribution in [0.5, 0.6) is 0 Å². The molecule has 0 unspecified atom stereocenters. The lowest BCUT2D eigenvalue weighted by molar-refractivity contribution is -0.117. The van der Waals surface area contributed by atoms with Gasteiger partial charge < -0.3 is 0 Å². The summed E-state index contributed by atoms with van der Waals surface area (Å²) in [5.41, 5.74) is 0.862. The fourth-order valence-corrected chi connectivity index (χ4v) is 1.30. The number of rotatable bonds is 1. The van der Waals surface area contributed by atoms with Gasteiger partial charge in [0.15, 0.2) is 5.82 Å². The van der Waals surface area contributed by atoms with Crippen molar-refractivity contribution in [3.63, 3.8) is 0 Å². The quantitative estimate of drug-likeness (QED) is 0.620. The molecule has 1 aromatic heterocycles. The molecule has 1 aliphatic heterocycles. The zero-order valence-electron chi connectivity index (χ0n) is 7.52. The zero-order chi connectivity index (χ0) is 9.42. The smallest absolute Gasteiger partial charge is 0.258 e. The van der Waals surface area contributed by atoms with Gasteiger partial charge in [0.05, 0.1) is 18.7 Å². The highest BCUT2D eigenvalue weighted by atomic mass is 16.7. The molecule has 5 heteroatoms. The summed E-state index contributed by atoms with van der Waals surface area (Å²) in [6.45, 7) is 2.21. The maximum absolute atomic E-state index is 11.2. The van der Waals surface area contributed by atoms with E-state index in [1.807, 2.05) is 6.92 Å². The fourth-order valence-electron chi connectivity index (χ4n) is 1.30. The first-order valence-corrected chi connectivity index (χ1v) is 3.99. The van der Waals surface area contributed by atoms with E-state index in [4.69, 9.17) is 4.84 Å². The number of hydrogen-bond acceptors (Lipinski definition) is 3. The molecule has 1 radical (unpaired) electrons. The molecule has 1 aliphatic rings. The number of nitrogens with zero attached hydrogens (tertiary/aromatic N) is 3. The first-order valence-electron chi connectivity index (χ1n) is 3.99. The van der Waals surface area contributed by atoms with Crippen molar-refractivity contribution in [3.8, 4) is 0 Å². The number of hydrogen-bond donors (Lipinski definition) is 0. The van der Waals surface area contributed by atoms with Gasteiger partial charge >= 0.3 is 0 Å². The first-order chi connectivity index (χ1) is 6.18.